The monoisotopic (exact) mass is 213 g/mol. The van der Waals surface area contributed by atoms with Gasteiger partial charge in [-0.1, -0.05) is 0 Å². The first-order chi connectivity index (χ1) is 7.05. The van der Waals surface area contributed by atoms with E-state index < -0.39 is 11.7 Å². The van der Waals surface area contributed by atoms with Crippen LogP contribution in [0.3, 0.4) is 0 Å². The summed E-state index contributed by atoms with van der Waals surface area (Å²) >= 11 is 0. The van der Waals surface area contributed by atoms with E-state index in [1.54, 1.807) is 6.07 Å². The number of nitrogens with one attached hydrogen (secondary N) is 1. The van der Waals surface area contributed by atoms with Crippen LogP contribution in [0.5, 0.6) is 0 Å². The lowest BCUT2D eigenvalue weighted by molar-refractivity contribution is -0.137. The molecular formula is C11H10F3N. The molecule has 2 aliphatic rings. The predicted molar refractivity (Wildman–Crippen MR) is 50.8 cm³/mol. The fraction of sp³-hybridized carbons (Fsp3) is 0.455. The molecule has 0 spiro atoms. The molecule has 1 saturated carbocycles. The van der Waals surface area contributed by atoms with Crippen LogP contribution >= 0.6 is 0 Å². The van der Waals surface area contributed by atoms with E-state index in [0.717, 1.165) is 30.3 Å². The minimum atomic E-state index is -4.23. The Hall–Kier alpha value is -1.19. The van der Waals surface area contributed by atoms with E-state index in [1.165, 1.54) is 6.07 Å². The molecule has 1 heterocycles. The molecule has 2 atom stereocenters. The summed E-state index contributed by atoms with van der Waals surface area (Å²) in [7, 11) is 0. The number of benzene rings is 1. The summed E-state index contributed by atoms with van der Waals surface area (Å²) < 4.78 is 37.4. The van der Waals surface area contributed by atoms with Crippen LogP contribution in [-0.4, -0.2) is 6.54 Å². The zero-order valence-corrected chi connectivity index (χ0v) is 7.93. The van der Waals surface area contributed by atoms with E-state index in [2.05, 4.69) is 5.32 Å². The minimum Gasteiger partial charge on any atom is -0.385 e. The summed E-state index contributed by atoms with van der Waals surface area (Å²) in [5, 5.41) is 3.17. The zero-order valence-electron chi connectivity index (χ0n) is 7.93. The zero-order chi connectivity index (χ0) is 10.6. The van der Waals surface area contributed by atoms with E-state index in [0.29, 0.717) is 11.8 Å². The van der Waals surface area contributed by atoms with Crippen molar-refractivity contribution in [2.24, 2.45) is 5.92 Å². The Morgan fingerprint density at radius 2 is 2.07 bits per heavy atom. The third-order valence-corrected chi connectivity index (χ3v) is 3.26. The van der Waals surface area contributed by atoms with Gasteiger partial charge in [0.15, 0.2) is 0 Å². The van der Waals surface area contributed by atoms with Crippen molar-refractivity contribution in [3.8, 4) is 0 Å². The SMILES string of the molecule is FC(F)(F)c1ccc2c(c1)C1CC1CN2. The summed E-state index contributed by atoms with van der Waals surface area (Å²) in [6, 6.07) is 3.99. The molecule has 0 bridgehead atoms. The van der Waals surface area contributed by atoms with E-state index >= 15 is 0 Å². The first-order valence-electron chi connectivity index (χ1n) is 5.01. The highest BCUT2D eigenvalue weighted by Gasteiger charge is 2.43. The van der Waals surface area contributed by atoms with Crippen LogP contribution in [0.15, 0.2) is 18.2 Å². The van der Waals surface area contributed by atoms with Crippen molar-refractivity contribution < 1.29 is 13.2 Å². The van der Waals surface area contributed by atoms with Crippen LogP contribution in [-0.2, 0) is 6.18 Å². The van der Waals surface area contributed by atoms with Gasteiger partial charge in [0.25, 0.3) is 0 Å². The predicted octanol–water partition coefficient (Wildman–Crippen LogP) is 3.23. The fourth-order valence-electron chi connectivity index (χ4n) is 2.30. The Kier molecular flexibility index (Phi) is 1.62. The van der Waals surface area contributed by atoms with Gasteiger partial charge in [-0.25, -0.2) is 0 Å². The van der Waals surface area contributed by atoms with Gasteiger partial charge in [0.2, 0.25) is 0 Å². The summed E-state index contributed by atoms with van der Waals surface area (Å²) in [6.45, 7) is 0.906. The maximum absolute atomic E-state index is 12.5. The van der Waals surface area contributed by atoms with Crippen LogP contribution in [0.1, 0.15) is 23.5 Å². The van der Waals surface area contributed by atoms with Gasteiger partial charge in [-0.15, -0.1) is 0 Å². The lowest BCUT2D eigenvalue weighted by Gasteiger charge is -2.18. The lowest BCUT2D eigenvalue weighted by atomic mass is 10.0. The second-order valence-corrected chi connectivity index (χ2v) is 4.28. The van der Waals surface area contributed by atoms with Crippen LogP contribution in [0.4, 0.5) is 18.9 Å². The van der Waals surface area contributed by atoms with Crippen molar-refractivity contribution in [3.05, 3.63) is 29.3 Å². The van der Waals surface area contributed by atoms with Gasteiger partial charge in [0.1, 0.15) is 0 Å². The fourth-order valence-corrected chi connectivity index (χ4v) is 2.30. The van der Waals surface area contributed by atoms with Gasteiger partial charge in [0, 0.05) is 12.2 Å². The maximum atomic E-state index is 12.5. The van der Waals surface area contributed by atoms with E-state index in [4.69, 9.17) is 0 Å². The molecule has 0 amide bonds. The highest BCUT2D eigenvalue weighted by molar-refractivity contribution is 5.59. The van der Waals surface area contributed by atoms with E-state index in [1.807, 2.05) is 0 Å². The molecule has 1 nitrogen and oxygen atoms in total. The normalized spacial score (nSPS) is 27.7. The van der Waals surface area contributed by atoms with Crippen LogP contribution in [0, 0.1) is 5.92 Å². The first-order valence-corrected chi connectivity index (χ1v) is 5.01. The minimum absolute atomic E-state index is 0.364. The standard InChI is InChI=1S/C11H10F3N/c12-11(13,14)7-1-2-10-9(4-7)8-3-6(8)5-15-10/h1-2,4,6,8,15H,3,5H2. The summed E-state index contributed by atoms with van der Waals surface area (Å²) in [4.78, 5) is 0. The lowest BCUT2D eigenvalue weighted by Crippen LogP contribution is -2.13. The second-order valence-electron chi connectivity index (χ2n) is 4.28. The van der Waals surface area contributed by atoms with Crippen LogP contribution in [0.25, 0.3) is 0 Å². The molecule has 1 aromatic rings. The molecule has 0 aromatic heterocycles. The highest BCUT2D eigenvalue weighted by Crippen LogP contribution is 2.53. The van der Waals surface area contributed by atoms with Crippen molar-refractivity contribution in [2.45, 2.75) is 18.5 Å². The van der Waals surface area contributed by atoms with Gasteiger partial charge in [-0.2, -0.15) is 13.2 Å². The van der Waals surface area contributed by atoms with Gasteiger partial charge >= 0.3 is 6.18 Å². The van der Waals surface area contributed by atoms with Crippen molar-refractivity contribution >= 4 is 5.69 Å². The third kappa shape index (κ3) is 1.39. The van der Waals surface area contributed by atoms with Crippen molar-refractivity contribution in [1.29, 1.82) is 0 Å². The maximum Gasteiger partial charge on any atom is 0.416 e. The summed E-state index contributed by atoms with van der Waals surface area (Å²) in [5.41, 5.74) is 1.19. The molecule has 15 heavy (non-hydrogen) atoms. The molecule has 3 rings (SSSR count). The number of anilines is 1. The highest BCUT2D eigenvalue weighted by atomic mass is 19.4. The van der Waals surface area contributed by atoms with Gasteiger partial charge in [-0.3, -0.25) is 0 Å². The van der Waals surface area contributed by atoms with Crippen molar-refractivity contribution in [1.82, 2.24) is 0 Å². The molecule has 0 saturated heterocycles. The Morgan fingerprint density at radius 3 is 2.80 bits per heavy atom. The number of hydrogen-bond acceptors (Lipinski definition) is 1. The average molecular weight is 213 g/mol. The van der Waals surface area contributed by atoms with Crippen molar-refractivity contribution in [3.63, 3.8) is 0 Å². The largest absolute Gasteiger partial charge is 0.416 e. The second kappa shape index (κ2) is 2.68. The van der Waals surface area contributed by atoms with Crippen LogP contribution in [0.2, 0.25) is 0 Å². The number of fused-ring (bicyclic) bond motifs is 3. The summed E-state index contributed by atoms with van der Waals surface area (Å²) in [6.07, 6.45) is -3.20. The van der Waals surface area contributed by atoms with E-state index in [-0.39, 0.29) is 0 Å². The average Bonchev–Trinajstić information content (AvgIpc) is 2.94. The first kappa shape index (κ1) is 9.07. The molecule has 1 N–H and O–H groups in total. The molecule has 1 aromatic carbocycles. The van der Waals surface area contributed by atoms with Gasteiger partial charge in [0.05, 0.1) is 5.56 Å². The molecule has 1 aliphatic carbocycles. The molecular weight excluding hydrogens is 203 g/mol. The molecule has 4 heteroatoms. The Morgan fingerprint density at radius 1 is 1.27 bits per heavy atom. The summed E-state index contributed by atoms with van der Waals surface area (Å²) in [5.74, 6) is 0.921. The molecule has 0 radical (unpaired) electrons. The number of rotatable bonds is 0. The third-order valence-electron chi connectivity index (χ3n) is 3.26. The molecule has 2 unspecified atom stereocenters. The molecule has 1 fully saturated rings. The van der Waals surface area contributed by atoms with Crippen LogP contribution < -0.4 is 5.32 Å². The quantitative estimate of drug-likeness (QED) is 0.697. The Balaban J connectivity index is 2.05. The smallest absolute Gasteiger partial charge is 0.385 e. The topological polar surface area (TPSA) is 12.0 Å². The number of alkyl halides is 3. The number of hydrogen-bond donors (Lipinski definition) is 1. The van der Waals surface area contributed by atoms with Crippen molar-refractivity contribution in [2.75, 3.05) is 11.9 Å². The van der Waals surface area contributed by atoms with E-state index in [9.17, 15) is 13.2 Å². The molecule has 1 aliphatic heterocycles. The van der Waals surface area contributed by atoms with Gasteiger partial charge in [-0.05, 0) is 42.0 Å². The number of halogens is 3. The Bertz CT molecular complexity index is 411. The van der Waals surface area contributed by atoms with Gasteiger partial charge < -0.3 is 5.32 Å². The molecule has 80 valence electrons. The Labute approximate surface area is 85.3 Å².